The van der Waals surface area contributed by atoms with E-state index in [1.54, 1.807) is 0 Å². The number of nitrogens with zero attached hydrogens (tertiary/aromatic N) is 1. The van der Waals surface area contributed by atoms with Gasteiger partial charge in [-0.1, -0.05) is 33.3 Å². The Morgan fingerprint density at radius 3 is 2.53 bits per heavy atom. The van der Waals surface area contributed by atoms with Gasteiger partial charge in [0, 0.05) is 13.2 Å². The Kier molecular flexibility index (Phi) is 8.12. The number of aryl methyl sites for hydroxylation is 1. The van der Waals surface area contributed by atoms with Gasteiger partial charge < -0.3 is 5.32 Å². The maximum absolute atomic E-state index is 4.30. The molecule has 1 N–H and O–H groups in total. The van der Waals surface area contributed by atoms with Crippen LogP contribution in [0.4, 0.5) is 5.82 Å². The van der Waals surface area contributed by atoms with E-state index in [9.17, 15) is 0 Å². The first-order chi connectivity index (χ1) is 8.10. The third-order valence-corrected chi connectivity index (χ3v) is 2.46. The average Bonchev–Trinajstić information content (AvgIpc) is 2.32. The number of hydrogen-bond acceptors (Lipinski definition) is 2. The summed E-state index contributed by atoms with van der Waals surface area (Å²) in [6.45, 7) is 12.3. The van der Waals surface area contributed by atoms with Gasteiger partial charge in [0.25, 0.3) is 0 Å². The summed E-state index contributed by atoms with van der Waals surface area (Å²) in [7, 11) is 1.91. The molecular weight excluding hydrogens is 208 g/mol. The summed E-state index contributed by atoms with van der Waals surface area (Å²) in [5.41, 5.74) is 2.58. The van der Waals surface area contributed by atoms with E-state index in [4.69, 9.17) is 0 Å². The molecule has 2 nitrogen and oxygen atoms in total. The summed E-state index contributed by atoms with van der Waals surface area (Å²) in [5.74, 6) is 1.48. The minimum absolute atomic E-state index is 0.491. The highest BCUT2D eigenvalue weighted by molar-refractivity contribution is 5.47. The quantitative estimate of drug-likeness (QED) is 0.789. The van der Waals surface area contributed by atoms with Crippen LogP contribution in [-0.4, -0.2) is 12.0 Å². The third-order valence-electron chi connectivity index (χ3n) is 2.46. The largest absolute Gasteiger partial charge is 0.373 e. The molecule has 0 saturated heterocycles. The molecule has 0 aliphatic rings. The van der Waals surface area contributed by atoms with E-state index >= 15 is 0 Å². The summed E-state index contributed by atoms with van der Waals surface area (Å²) in [6, 6.07) is 2.05. The summed E-state index contributed by atoms with van der Waals surface area (Å²) in [5, 5.41) is 3.12. The number of allylic oxidation sites excluding steroid dienone is 1. The Balaban J connectivity index is 0.000000770. The summed E-state index contributed by atoms with van der Waals surface area (Å²) >= 11 is 0. The van der Waals surface area contributed by atoms with Crippen LogP contribution in [0.25, 0.3) is 0 Å². The fourth-order valence-electron chi connectivity index (χ4n) is 1.47. The molecule has 0 saturated carbocycles. The van der Waals surface area contributed by atoms with Crippen molar-refractivity contribution in [2.75, 3.05) is 12.4 Å². The average molecular weight is 234 g/mol. The number of aromatic nitrogens is 1. The first-order valence-corrected chi connectivity index (χ1v) is 6.35. The number of nitrogens with one attached hydrogen (secondary N) is 1. The van der Waals surface area contributed by atoms with Crippen molar-refractivity contribution in [3.63, 3.8) is 0 Å². The molecule has 0 aromatic carbocycles. The monoisotopic (exact) mass is 234 g/mol. The Bertz CT molecular complexity index is 332. The zero-order chi connectivity index (χ0) is 13.3. The van der Waals surface area contributed by atoms with Crippen LogP contribution in [0.15, 0.2) is 24.9 Å². The Hall–Kier alpha value is -1.31. The lowest BCUT2D eigenvalue weighted by Crippen LogP contribution is -2.04. The molecule has 0 amide bonds. The van der Waals surface area contributed by atoms with Gasteiger partial charge in [0.1, 0.15) is 5.82 Å². The molecule has 2 heteroatoms. The molecule has 0 aliphatic heterocycles. The third kappa shape index (κ3) is 5.53. The van der Waals surface area contributed by atoms with E-state index in [2.05, 4.69) is 44.6 Å². The number of hydrogen-bond donors (Lipinski definition) is 1. The fraction of sp³-hybridized carbons (Fsp3) is 0.533. The maximum Gasteiger partial charge on any atom is 0.129 e. The van der Waals surface area contributed by atoms with Crippen molar-refractivity contribution < 1.29 is 0 Å². The summed E-state index contributed by atoms with van der Waals surface area (Å²) < 4.78 is 0. The van der Waals surface area contributed by atoms with Crippen LogP contribution < -0.4 is 5.32 Å². The van der Waals surface area contributed by atoms with Crippen LogP contribution in [0.3, 0.4) is 0 Å². The number of rotatable bonds is 4. The molecule has 0 fully saturated rings. The van der Waals surface area contributed by atoms with Gasteiger partial charge in [-0.2, -0.15) is 0 Å². The van der Waals surface area contributed by atoms with Gasteiger partial charge in [-0.05, 0) is 36.5 Å². The molecule has 1 heterocycles. The van der Waals surface area contributed by atoms with E-state index in [1.165, 1.54) is 17.5 Å². The first-order valence-electron chi connectivity index (χ1n) is 6.35. The van der Waals surface area contributed by atoms with Crippen LogP contribution in [0.1, 0.15) is 38.3 Å². The Labute approximate surface area is 106 Å². The molecule has 1 unspecified atom stereocenters. The molecule has 0 bridgehead atoms. The molecule has 96 valence electrons. The van der Waals surface area contributed by atoms with Crippen molar-refractivity contribution in [3.8, 4) is 0 Å². The van der Waals surface area contributed by atoms with Gasteiger partial charge >= 0.3 is 0 Å². The molecule has 0 radical (unpaired) electrons. The lowest BCUT2D eigenvalue weighted by atomic mass is 9.98. The predicted molar refractivity (Wildman–Crippen MR) is 77.6 cm³/mol. The normalized spacial score (nSPS) is 11.1. The van der Waals surface area contributed by atoms with Gasteiger partial charge in [-0.25, -0.2) is 4.98 Å². The van der Waals surface area contributed by atoms with Gasteiger partial charge in [-0.3, -0.25) is 0 Å². The second-order valence-electron chi connectivity index (χ2n) is 4.33. The van der Waals surface area contributed by atoms with Gasteiger partial charge in [0.2, 0.25) is 0 Å². The van der Waals surface area contributed by atoms with Crippen LogP contribution in [-0.2, 0) is 6.42 Å². The molecule has 1 aromatic heterocycles. The number of anilines is 1. The fourth-order valence-corrected chi connectivity index (χ4v) is 1.47. The van der Waals surface area contributed by atoms with Gasteiger partial charge in [0.15, 0.2) is 0 Å². The van der Waals surface area contributed by atoms with E-state index in [1.807, 2.05) is 25.4 Å². The van der Waals surface area contributed by atoms with Crippen LogP contribution in [0.2, 0.25) is 0 Å². The van der Waals surface area contributed by atoms with Crippen molar-refractivity contribution in [1.29, 1.82) is 0 Å². The summed E-state index contributed by atoms with van der Waals surface area (Å²) in [6.07, 6.45) is 6.06. The predicted octanol–water partition coefficient (Wildman–Crippen LogP) is 4.21. The highest BCUT2D eigenvalue weighted by atomic mass is 15.0. The van der Waals surface area contributed by atoms with Crippen molar-refractivity contribution in [3.05, 3.63) is 36.0 Å². The standard InChI is InChI=1S/C12H18N2.C3H8/c1-5-9(2)8-11-10(3)6-7-14-12(11)13-4;1-3-2/h5-7,9H,1,8H2,2-4H3,(H,13,14);3H2,1-2H3. The highest BCUT2D eigenvalue weighted by Crippen LogP contribution is 2.20. The topological polar surface area (TPSA) is 24.9 Å². The van der Waals surface area contributed by atoms with Crippen molar-refractivity contribution in [2.45, 2.75) is 40.5 Å². The van der Waals surface area contributed by atoms with Crippen LogP contribution >= 0.6 is 0 Å². The minimum Gasteiger partial charge on any atom is -0.373 e. The molecule has 0 aliphatic carbocycles. The molecule has 0 spiro atoms. The molecular formula is C15H26N2. The van der Waals surface area contributed by atoms with Crippen molar-refractivity contribution in [2.24, 2.45) is 5.92 Å². The SMILES string of the molecule is C=CC(C)Cc1c(C)ccnc1NC.CCC. The van der Waals surface area contributed by atoms with Gasteiger partial charge in [-0.15, -0.1) is 6.58 Å². The second-order valence-corrected chi connectivity index (χ2v) is 4.33. The van der Waals surface area contributed by atoms with E-state index in [-0.39, 0.29) is 0 Å². The molecule has 1 rings (SSSR count). The Morgan fingerprint density at radius 1 is 1.47 bits per heavy atom. The molecule has 1 aromatic rings. The van der Waals surface area contributed by atoms with Crippen LogP contribution in [0.5, 0.6) is 0 Å². The van der Waals surface area contributed by atoms with E-state index in [0.717, 1.165) is 12.2 Å². The Morgan fingerprint density at radius 2 is 2.06 bits per heavy atom. The van der Waals surface area contributed by atoms with Crippen molar-refractivity contribution >= 4 is 5.82 Å². The van der Waals surface area contributed by atoms with E-state index < -0.39 is 0 Å². The molecule has 1 atom stereocenters. The second kappa shape index (κ2) is 8.80. The lowest BCUT2D eigenvalue weighted by molar-refractivity contribution is 0.721. The highest BCUT2D eigenvalue weighted by Gasteiger charge is 2.07. The smallest absolute Gasteiger partial charge is 0.129 e. The van der Waals surface area contributed by atoms with Gasteiger partial charge in [0.05, 0.1) is 0 Å². The minimum atomic E-state index is 0.491. The summed E-state index contributed by atoms with van der Waals surface area (Å²) in [4.78, 5) is 4.30. The lowest BCUT2D eigenvalue weighted by Gasteiger charge is -2.13. The molecule has 17 heavy (non-hydrogen) atoms. The number of pyridine rings is 1. The van der Waals surface area contributed by atoms with Crippen molar-refractivity contribution in [1.82, 2.24) is 4.98 Å². The van der Waals surface area contributed by atoms with Crippen LogP contribution in [0, 0.1) is 12.8 Å². The zero-order valence-corrected chi connectivity index (χ0v) is 11.9. The van der Waals surface area contributed by atoms with E-state index in [0.29, 0.717) is 5.92 Å². The maximum atomic E-state index is 4.30. The zero-order valence-electron chi connectivity index (χ0n) is 11.9. The first kappa shape index (κ1) is 15.7.